The molecule has 0 N–H and O–H groups in total. The molecule has 1 aromatic rings. The Hall–Kier alpha value is -1.24. The minimum atomic E-state index is 0.935. The maximum atomic E-state index is 3.88. The van der Waals surface area contributed by atoms with E-state index in [1.807, 2.05) is 0 Å². The van der Waals surface area contributed by atoms with E-state index in [9.17, 15) is 0 Å². The number of nitrogens with zero attached hydrogens (tertiary/aromatic N) is 1. The van der Waals surface area contributed by atoms with Gasteiger partial charge in [-0.15, -0.1) is 0 Å². The normalized spacial score (nSPS) is 9.64. The highest BCUT2D eigenvalue weighted by atomic mass is 15.0. The summed E-state index contributed by atoms with van der Waals surface area (Å²) < 4.78 is 2.08. The summed E-state index contributed by atoms with van der Waals surface area (Å²) in [6.45, 7) is 11.7. The molecular formula is C10H13N. The summed E-state index contributed by atoms with van der Waals surface area (Å²) in [6, 6.07) is 4.15. The number of hydrogen-bond donors (Lipinski definition) is 0. The molecule has 1 rings (SSSR count). The molecule has 0 atom stereocenters. The molecule has 0 aliphatic heterocycles. The molecule has 11 heavy (non-hydrogen) atoms. The van der Waals surface area contributed by atoms with Crippen LogP contribution in [0.3, 0.4) is 0 Å². The first-order valence-electron chi connectivity index (χ1n) is 3.63. The fraction of sp³-hybridized carbons (Fsp3) is 0.200. The van der Waals surface area contributed by atoms with Crippen LogP contribution >= 0.6 is 0 Å². The van der Waals surface area contributed by atoms with Crippen LogP contribution < -0.4 is 0 Å². The highest BCUT2D eigenvalue weighted by molar-refractivity contribution is 5.55. The van der Waals surface area contributed by atoms with E-state index in [0.29, 0.717) is 0 Å². The van der Waals surface area contributed by atoms with Gasteiger partial charge < -0.3 is 4.57 Å². The van der Waals surface area contributed by atoms with Gasteiger partial charge >= 0.3 is 0 Å². The van der Waals surface area contributed by atoms with Crippen LogP contribution in [-0.4, -0.2) is 4.57 Å². The third-order valence-corrected chi connectivity index (χ3v) is 1.79. The first-order valence-corrected chi connectivity index (χ1v) is 3.63. The lowest BCUT2D eigenvalue weighted by Crippen LogP contribution is -1.97. The molecule has 1 aromatic heterocycles. The lowest BCUT2D eigenvalue weighted by Gasteiger charge is -2.07. The van der Waals surface area contributed by atoms with E-state index in [0.717, 1.165) is 5.70 Å². The van der Waals surface area contributed by atoms with Crippen molar-refractivity contribution < 1.29 is 0 Å². The van der Waals surface area contributed by atoms with Crippen LogP contribution in [0.25, 0.3) is 5.70 Å². The Morgan fingerprint density at radius 3 is 2.18 bits per heavy atom. The van der Waals surface area contributed by atoms with Gasteiger partial charge in [-0.25, -0.2) is 0 Å². The largest absolute Gasteiger partial charge is 0.319 e. The van der Waals surface area contributed by atoms with Gasteiger partial charge in [0.1, 0.15) is 0 Å². The Balaban J connectivity index is 3.20. The summed E-state index contributed by atoms with van der Waals surface area (Å²) in [7, 11) is 0. The van der Waals surface area contributed by atoms with Gasteiger partial charge in [0.15, 0.2) is 0 Å². The zero-order chi connectivity index (χ0) is 8.43. The smallest absolute Gasteiger partial charge is 0.0377 e. The van der Waals surface area contributed by atoms with E-state index < -0.39 is 0 Å². The molecular weight excluding hydrogens is 134 g/mol. The van der Waals surface area contributed by atoms with Crippen molar-refractivity contribution >= 4 is 5.70 Å². The number of rotatable bonds is 2. The molecule has 0 radical (unpaired) electrons. The number of hydrogen-bond acceptors (Lipinski definition) is 0. The van der Waals surface area contributed by atoms with Crippen molar-refractivity contribution in [3.63, 3.8) is 0 Å². The van der Waals surface area contributed by atoms with Gasteiger partial charge in [0.2, 0.25) is 0 Å². The predicted molar refractivity (Wildman–Crippen MR) is 49.4 cm³/mol. The van der Waals surface area contributed by atoms with Crippen LogP contribution in [0, 0.1) is 13.8 Å². The highest BCUT2D eigenvalue weighted by Gasteiger charge is 2.00. The van der Waals surface area contributed by atoms with Crippen LogP contribution in [-0.2, 0) is 0 Å². The van der Waals surface area contributed by atoms with Crippen molar-refractivity contribution in [3.05, 3.63) is 42.8 Å². The number of aromatic nitrogens is 1. The Morgan fingerprint density at radius 1 is 1.36 bits per heavy atom. The zero-order valence-corrected chi connectivity index (χ0v) is 7.09. The molecule has 0 aliphatic rings. The Morgan fingerprint density at radius 2 is 1.82 bits per heavy atom. The molecule has 0 saturated carbocycles. The van der Waals surface area contributed by atoms with E-state index in [-0.39, 0.29) is 0 Å². The van der Waals surface area contributed by atoms with Crippen molar-refractivity contribution in [1.82, 2.24) is 4.57 Å². The average molecular weight is 147 g/mol. The van der Waals surface area contributed by atoms with Crippen LogP contribution in [0.5, 0.6) is 0 Å². The van der Waals surface area contributed by atoms with Crippen molar-refractivity contribution in [3.8, 4) is 0 Å². The topological polar surface area (TPSA) is 4.93 Å². The zero-order valence-electron chi connectivity index (χ0n) is 7.09. The fourth-order valence-electron chi connectivity index (χ4n) is 1.21. The summed E-state index contributed by atoms with van der Waals surface area (Å²) in [5, 5.41) is 0. The third kappa shape index (κ3) is 1.27. The van der Waals surface area contributed by atoms with E-state index in [1.54, 1.807) is 6.08 Å². The average Bonchev–Trinajstić information content (AvgIpc) is 2.30. The number of aryl methyl sites for hydroxylation is 2. The Bertz CT molecular complexity index is 272. The molecule has 0 unspecified atom stereocenters. The molecule has 0 aromatic carbocycles. The molecule has 1 nitrogen and oxygen atoms in total. The van der Waals surface area contributed by atoms with Crippen LogP contribution in [0.15, 0.2) is 31.4 Å². The van der Waals surface area contributed by atoms with Gasteiger partial charge in [-0.2, -0.15) is 0 Å². The van der Waals surface area contributed by atoms with Gasteiger partial charge in [0.25, 0.3) is 0 Å². The second kappa shape index (κ2) is 2.79. The summed E-state index contributed by atoms with van der Waals surface area (Å²) in [4.78, 5) is 0. The van der Waals surface area contributed by atoms with Crippen LogP contribution in [0.4, 0.5) is 0 Å². The maximum Gasteiger partial charge on any atom is 0.0377 e. The Kier molecular flexibility index (Phi) is 1.99. The van der Waals surface area contributed by atoms with Gasteiger partial charge in [-0.1, -0.05) is 13.2 Å². The van der Waals surface area contributed by atoms with Crippen LogP contribution in [0.1, 0.15) is 11.4 Å². The lowest BCUT2D eigenvalue weighted by molar-refractivity contribution is 1.00. The van der Waals surface area contributed by atoms with Crippen molar-refractivity contribution in [2.24, 2.45) is 0 Å². The maximum absolute atomic E-state index is 3.88. The second-order valence-electron chi connectivity index (χ2n) is 2.65. The first-order chi connectivity index (χ1) is 5.16. The summed E-state index contributed by atoms with van der Waals surface area (Å²) in [6.07, 6.45) is 1.76. The fourth-order valence-corrected chi connectivity index (χ4v) is 1.21. The quantitative estimate of drug-likeness (QED) is 0.567. The van der Waals surface area contributed by atoms with Gasteiger partial charge in [-0.3, -0.25) is 0 Å². The van der Waals surface area contributed by atoms with Gasteiger partial charge in [0, 0.05) is 17.1 Å². The first kappa shape index (κ1) is 7.86. The molecule has 1 heteroatoms. The van der Waals surface area contributed by atoms with Gasteiger partial charge in [0.05, 0.1) is 0 Å². The summed E-state index contributed by atoms with van der Waals surface area (Å²) in [5.41, 5.74) is 3.34. The lowest BCUT2D eigenvalue weighted by atomic mass is 10.4. The van der Waals surface area contributed by atoms with E-state index in [4.69, 9.17) is 0 Å². The van der Waals surface area contributed by atoms with Gasteiger partial charge in [-0.05, 0) is 32.1 Å². The predicted octanol–water partition coefficient (Wildman–Crippen LogP) is 2.76. The van der Waals surface area contributed by atoms with Crippen molar-refractivity contribution in [2.75, 3.05) is 0 Å². The monoisotopic (exact) mass is 147 g/mol. The Labute approximate surface area is 67.7 Å². The van der Waals surface area contributed by atoms with Crippen molar-refractivity contribution in [2.45, 2.75) is 13.8 Å². The molecule has 1 heterocycles. The molecule has 0 amide bonds. The minimum absolute atomic E-state index is 0.935. The minimum Gasteiger partial charge on any atom is -0.319 e. The molecule has 0 aliphatic carbocycles. The highest BCUT2D eigenvalue weighted by Crippen LogP contribution is 2.13. The van der Waals surface area contributed by atoms with Crippen LogP contribution in [0.2, 0.25) is 0 Å². The number of allylic oxidation sites excluding steroid dienone is 2. The second-order valence-corrected chi connectivity index (χ2v) is 2.65. The SMILES string of the molecule is C=CC(=C)n1c(C)ccc1C. The third-order valence-electron chi connectivity index (χ3n) is 1.79. The van der Waals surface area contributed by atoms with E-state index in [2.05, 4.69) is 43.7 Å². The van der Waals surface area contributed by atoms with Crippen molar-refractivity contribution in [1.29, 1.82) is 0 Å². The standard InChI is InChI=1S/C10H13N/c1-5-8(2)11-9(3)6-7-10(11)4/h5-7H,1-2H2,3-4H3. The summed E-state index contributed by atoms with van der Waals surface area (Å²) >= 11 is 0. The molecule has 0 spiro atoms. The van der Waals surface area contributed by atoms with E-state index in [1.165, 1.54) is 11.4 Å². The molecule has 58 valence electrons. The molecule has 0 bridgehead atoms. The molecule has 0 saturated heterocycles. The van der Waals surface area contributed by atoms with E-state index >= 15 is 0 Å². The summed E-state index contributed by atoms with van der Waals surface area (Å²) in [5.74, 6) is 0. The molecule has 0 fully saturated rings.